The van der Waals surface area contributed by atoms with Crippen molar-refractivity contribution in [3.63, 3.8) is 0 Å². The Bertz CT molecular complexity index is 1200. The van der Waals surface area contributed by atoms with Crippen molar-refractivity contribution in [3.05, 3.63) is 35.9 Å². The smallest absolute Gasteiger partial charge is 0.245 e. The Balaban J connectivity index is 3.47. The molecule has 6 atom stereocenters. The number of nitrogens with zero attached hydrogens (tertiary/aromatic N) is 1. The molecule has 45 heavy (non-hydrogen) atoms. The third-order valence-electron chi connectivity index (χ3n) is 8.10. The van der Waals surface area contributed by atoms with E-state index in [9.17, 15) is 39.0 Å². The molecular weight excluding hydrogens is 580 g/mol. The quantitative estimate of drug-likeness (QED) is 0.106. The molecule has 0 aromatic heterocycles. The zero-order chi connectivity index (χ0) is 34.9. The van der Waals surface area contributed by atoms with Gasteiger partial charge in [-0.05, 0) is 44.3 Å². The molecule has 1 aromatic rings. The van der Waals surface area contributed by atoms with Crippen molar-refractivity contribution in [3.8, 4) is 0 Å². The predicted molar refractivity (Wildman–Crippen MR) is 170 cm³/mol. The van der Waals surface area contributed by atoms with Gasteiger partial charge in [0.15, 0.2) is 29.1 Å². The number of ketones is 3. The number of hydrogen-bond donors (Lipinski definition) is 5. The van der Waals surface area contributed by atoms with E-state index in [2.05, 4.69) is 16.0 Å². The predicted octanol–water partition coefficient (Wildman–Crippen LogP) is 0.463. The van der Waals surface area contributed by atoms with Gasteiger partial charge >= 0.3 is 0 Å². The van der Waals surface area contributed by atoms with Gasteiger partial charge in [0.1, 0.15) is 6.04 Å². The monoisotopic (exact) mass is 632 g/mol. The number of nitrogens with one attached hydrogen (secondary N) is 3. The summed E-state index contributed by atoms with van der Waals surface area (Å²) in [5.74, 6) is -5.46. The molecule has 252 valence electrons. The molecule has 2 amide bonds. The van der Waals surface area contributed by atoms with Crippen molar-refractivity contribution in [2.24, 2.45) is 17.8 Å². The van der Waals surface area contributed by atoms with Gasteiger partial charge in [-0.3, -0.25) is 28.8 Å². The average molecular weight is 633 g/mol. The summed E-state index contributed by atoms with van der Waals surface area (Å²) in [7, 11) is 4.47. The average Bonchev–Trinajstić information content (AvgIpc) is 2.96. The van der Waals surface area contributed by atoms with E-state index in [0.717, 1.165) is 17.4 Å². The number of carbonyl (C=O) groups excluding carboxylic acids is 6. The summed E-state index contributed by atoms with van der Waals surface area (Å²) in [5, 5.41) is 30.8. The van der Waals surface area contributed by atoms with Crippen LogP contribution in [0.3, 0.4) is 0 Å². The maximum atomic E-state index is 14.0. The Labute approximate surface area is 266 Å². The summed E-state index contributed by atoms with van der Waals surface area (Å²) in [4.78, 5) is 80.5. The van der Waals surface area contributed by atoms with E-state index in [1.165, 1.54) is 14.1 Å². The van der Waals surface area contributed by atoms with Crippen molar-refractivity contribution in [2.45, 2.75) is 96.7 Å². The first-order valence-electron chi connectivity index (χ1n) is 15.3. The Kier molecular flexibility index (Phi) is 14.9. The van der Waals surface area contributed by atoms with E-state index in [4.69, 9.17) is 0 Å². The number of rotatable bonds is 19. The summed E-state index contributed by atoms with van der Waals surface area (Å²) in [6.45, 7) is 11.2. The molecule has 3 unspecified atom stereocenters. The highest BCUT2D eigenvalue weighted by Crippen LogP contribution is 2.26. The SMILES string of the molecule is CNC(C(=O)N[C@H](Cc1ccccc1)C(=O)N(C)[C@H](C(=O)C(C)(O)C(=O)C(O)(C=O)CC(=O)[C@@H](NC)C(C)C)C(C)C)C(C)C. The number of hydrogen-bond acceptors (Lipinski definition) is 10. The molecule has 0 aliphatic carbocycles. The summed E-state index contributed by atoms with van der Waals surface area (Å²) < 4.78 is 0. The molecule has 0 aliphatic rings. The lowest BCUT2D eigenvalue weighted by atomic mass is 9.77. The van der Waals surface area contributed by atoms with E-state index < -0.39 is 76.9 Å². The van der Waals surface area contributed by atoms with Crippen LogP contribution in [0.25, 0.3) is 0 Å². The first-order chi connectivity index (χ1) is 20.8. The summed E-state index contributed by atoms with van der Waals surface area (Å²) >= 11 is 0. The fraction of sp³-hybridized carbons (Fsp3) is 0.636. The van der Waals surface area contributed by atoms with Gasteiger partial charge < -0.3 is 31.1 Å². The molecule has 5 N–H and O–H groups in total. The van der Waals surface area contributed by atoms with Gasteiger partial charge in [-0.15, -0.1) is 0 Å². The molecule has 0 radical (unpaired) electrons. The van der Waals surface area contributed by atoms with Gasteiger partial charge in [0.25, 0.3) is 0 Å². The molecule has 12 heteroatoms. The van der Waals surface area contributed by atoms with Crippen LogP contribution < -0.4 is 16.0 Å². The van der Waals surface area contributed by atoms with Crippen molar-refractivity contribution in [1.82, 2.24) is 20.9 Å². The lowest BCUT2D eigenvalue weighted by Crippen LogP contribution is -2.64. The number of benzene rings is 1. The molecule has 0 fully saturated rings. The number of carbonyl (C=O) groups is 6. The fourth-order valence-electron chi connectivity index (χ4n) is 5.63. The van der Waals surface area contributed by atoms with Crippen LogP contribution in [0, 0.1) is 17.8 Å². The molecule has 12 nitrogen and oxygen atoms in total. The minimum absolute atomic E-state index is 0.0914. The Morgan fingerprint density at radius 3 is 1.80 bits per heavy atom. The molecule has 0 heterocycles. The van der Waals surface area contributed by atoms with Crippen LogP contribution >= 0.6 is 0 Å². The van der Waals surface area contributed by atoms with E-state index in [1.807, 2.05) is 19.9 Å². The fourth-order valence-corrected chi connectivity index (χ4v) is 5.63. The zero-order valence-electron chi connectivity index (χ0n) is 28.2. The van der Waals surface area contributed by atoms with Crippen molar-refractivity contribution in [1.29, 1.82) is 0 Å². The number of likely N-dealkylation sites (N-methyl/N-ethyl adjacent to an activating group) is 3. The highest BCUT2D eigenvalue weighted by molar-refractivity contribution is 6.20. The molecule has 1 aromatic carbocycles. The van der Waals surface area contributed by atoms with Gasteiger partial charge in [-0.1, -0.05) is 71.9 Å². The lowest BCUT2D eigenvalue weighted by Gasteiger charge is -2.38. The van der Waals surface area contributed by atoms with E-state index in [0.29, 0.717) is 0 Å². The topological polar surface area (TPSA) is 182 Å². The molecule has 0 saturated heterocycles. The van der Waals surface area contributed by atoms with Gasteiger partial charge in [0.05, 0.1) is 24.5 Å². The third kappa shape index (κ3) is 9.83. The highest BCUT2D eigenvalue weighted by Gasteiger charge is 2.54. The standard InChI is InChI=1S/C33H52N4O8/c1-19(2)25(34-8)24(39)17-33(45,18-38)31(43)32(7,44)28(40)27(21(5)6)37(10)30(42)23(16-22-14-12-11-13-15-22)36-29(41)26(35-9)20(3)4/h11-15,18-21,23,25-27,34-35,44-45H,16-17H2,1-10H3,(H,36,41)/t23-,25+,26?,27+,32?,33?/m1/s1. The van der Waals surface area contributed by atoms with Crippen LogP contribution in [0.1, 0.15) is 60.5 Å². The molecule has 0 bridgehead atoms. The van der Waals surface area contributed by atoms with Crippen LogP contribution in [0.5, 0.6) is 0 Å². The molecule has 0 spiro atoms. The number of amides is 2. The van der Waals surface area contributed by atoms with Gasteiger partial charge in [0.2, 0.25) is 17.6 Å². The Morgan fingerprint density at radius 1 is 0.867 bits per heavy atom. The highest BCUT2D eigenvalue weighted by atomic mass is 16.3. The minimum Gasteiger partial charge on any atom is -0.375 e. The maximum absolute atomic E-state index is 14.0. The molecule has 0 aliphatic heterocycles. The lowest BCUT2D eigenvalue weighted by molar-refractivity contribution is -0.168. The van der Waals surface area contributed by atoms with Crippen molar-refractivity contribution >= 4 is 35.5 Å². The maximum Gasteiger partial charge on any atom is 0.245 e. The van der Waals surface area contributed by atoms with Crippen LogP contribution in [0.4, 0.5) is 0 Å². The first kappa shape index (κ1) is 39.7. The Hall–Kier alpha value is -3.32. The number of aldehydes is 1. The molecule has 0 saturated carbocycles. The first-order valence-corrected chi connectivity index (χ1v) is 15.3. The Morgan fingerprint density at radius 2 is 1.38 bits per heavy atom. The normalized spacial score (nSPS) is 17.0. The van der Waals surface area contributed by atoms with E-state index in [-0.39, 0.29) is 24.5 Å². The van der Waals surface area contributed by atoms with Gasteiger partial charge in [-0.25, -0.2) is 0 Å². The van der Waals surface area contributed by atoms with Crippen LogP contribution in [-0.4, -0.2) is 107 Å². The number of aliphatic hydroxyl groups is 2. The summed E-state index contributed by atoms with van der Waals surface area (Å²) in [6.07, 6.45) is -1.02. The van der Waals surface area contributed by atoms with Gasteiger partial charge in [0, 0.05) is 13.5 Å². The molecule has 1 rings (SSSR count). The number of Topliss-reactive ketones (excluding diaryl/α,β-unsaturated/α-hetero) is 3. The second kappa shape index (κ2) is 16.8. The second-order valence-electron chi connectivity index (χ2n) is 12.9. The van der Waals surface area contributed by atoms with Crippen molar-refractivity contribution in [2.75, 3.05) is 21.1 Å². The minimum atomic E-state index is -2.99. The van der Waals surface area contributed by atoms with Crippen LogP contribution in [0.2, 0.25) is 0 Å². The van der Waals surface area contributed by atoms with E-state index in [1.54, 1.807) is 59.0 Å². The van der Waals surface area contributed by atoms with Gasteiger partial charge in [-0.2, -0.15) is 0 Å². The summed E-state index contributed by atoms with van der Waals surface area (Å²) in [6, 6.07) is 5.03. The van der Waals surface area contributed by atoms with E-state index >= 15 is 0 Å². The van der Waals surface area contributed by atoms with Crippen molar-refractivity contribution < 1.29 is 39.0 Å². The third-order valence-corrected chi connectivity index (χ3v) is 8.10. The zero-order valence-corrected chi connectivity index (χ0v) is 28.2. The molecular formula is C33H52N4O8. The van der Waals surface area contributed by atoms with Crippen LogP contribution in [-0.2, 0) is 35.2 Å². The summed E-state index contributed by atoms with van der Waals surface area (Å²) in [5.41, 5.74) is -5.21. The van der Waals surface area contributed by atoms with Crippen LogP contribution in [0.15, 0.2) is 30.3 Å². The largest absolute Gasteiger partial charge is 0.375 e. The second-order valence-corrected chi connectivity index (χ2v) is 12.9.